The first-order valence-electron chi connectivity index (χ1n) is 7.53. The lowest BCUT2D eigenvalue weighted by Crippen LogP contribution is -2.44. The third-order valence-electron chi connectivity index (χ3n) is 3.47. The number of nitrogens with zero attached hydrogens (tertiary/aromatic N) is 3. The number of amides is 2. The highest BCUT2D eigenvalue weighted by molar-refractivity contribution is 6.34. The lowest BCUT2D eigenvalue weighted by Gasteiger charge is -2.23. The summed E-state index contributed by atoms with van der Waals surface area (Å²) in [6.45, 7) is 5.67. The van der Waals surface area contributed by atoms with E-state index in [1.165, 1.54) is 4.90 Å². The Morgan fingerprint density at radius 3 is 2.33 bits per heavy atom. The summed E-state index contributed by atoms with van der Waals surface area (Å²) in [6.07, 6.45) is 6.12. The Bertz CT molecular complexity index is 448. The molecule has 0 fully saturated rings. The van der Waals surface area contributed by atoms with Gasteiger partial charge in [-0.15, -0.1) is 0 Å². The number of carbonyl (C=O) groups excluding carboxylic acids is 2. The molecule has 0 aromatic carbocycles. The normalized spacial score (nSPS) is 10.2. The molecule has 5 heteroatoms. The molecule has 0 unspecified atom stereocenters. The van der Waals surface area contributed by atoms with Crippen LogP contribution in [0.4, 0.5) is 0 Å². The molecule has 0 aliphatic heterocycles. The Morgan fingerprint density at radius 1 is 1.10 bits per heavy atom. The smallest absolute Gasteiger partial charge is 0.312 e. The first kappa shape index (κ1) is 17.1. The van der Waals surface area contributed by atoms with Gasteiger partial charge in [0.25, 0.3) is 0 Å². The molecule has 0 saturated heterocycles. The molecule has 2 amide bonds. The number of hydrogen-bond donors (Lipinski definition) is 0. The topological polar surface area (TPSA) is 53.5 Å². The van der Waals surface area contributed by atoms with E-state index in [-0.39, 0.29) is 0 Å². The molecule has 1 heterocycles. The zero-order chi connectivity index (χ0) is 15.7. The van der Waals surface area contributed by atoms with Gasteiger partial charge in [-0.2, -0.15) is 0 Å². The second kappa shape index (κ2) is 9.10. The number of pyridine rings is 1. The SMILES string of the molecule is CCCCN(C)C(=O)C(=O)N(CC)CCc1ccncc1. The van der Waals surface area contributed by atoms with E-state index in [9.17, 15) is 9.59 Å². The van der Waals surface area contributed by atoms with Crippen LogP contribution < -0.4 is 0 Å². The molecule has 116 valence electrons. The zero-order valence-electron chi connectivity index (χ0n) is 13.2. The van der Waals surface area contributed by atoms with Crippen molar-refractivity contribution in [1.82, 2.24) is 14.8 Å². The maximum absolute atomic E-state index is 12.2. The summed E-state index contributed by atoms with van der Waals surface area (Å²) in [4.78, 5) is 31.4. The first-order chi connectivity index (χ1) is 10.1. The van der Waals surface area contributed by atoms with Gasteiger partial charge in [0.1, 0.15) is 0 Å². The Hall–Kier alpha value is -1.91. The summed E-state index contributed by atoms with van der Waals surface area (Å²) in [7, 11) is 1.69. The zero-order valence-corrected chi connectivity index (χ0v) is 13.2. The molecule has 1 aromatic rings. The van der Waals surface area contributed by atoms with E-state index < -0.39 is 11.8 Å². The number of aromatic nitrogens is 1. The molecule has 0 spiro atoms. The van der Waals surface area contributed by atoms with Crippen LogP contribution >= 0.6 is 0 Å². The number of rotatable bonds is 7. The molecule has 0 radical (unpaired) electrons. The summed E-state index contributed by atoms with van der Waals surface area (Å²) in [5, 5.41) is 0. The lowest BCUT2D eigenvalue weighted by molar-refractivity contribution is -0.151. The lowest BCUT2D eigenvalue weighted by atomic mass is 10.2. The van der Waals surface area contributed by atoms with Gasteiger partial charge in [-0.25, -0.2) is 0 Å². The fourth-order valence-electron chi connectivity index (χ4n) is 2.01. The van der Waals surface area contributed by atoms with E-state index in [0.717, 1.165) is 24.8 Å². The Kier molecular flexibility index (Phi) is 7.43. The highest BCUT2D eigenvalue weighted by Crippen LogP contribution is 2.02. The van der Waals surface area contributed by atoms with Crippen molar-refractivity contribution in [3.63, 3.8) is 0 Å². The average molecular weight is 291 g/mol. The molecule has 1 aromatic heterocycles. The van der Waals surface area contributed by atoms with E-state index in [4.69, 9.17) is 0 Å². The minimum Gasteiger partial charge on any atom is -0.338 e. The molecule has 0 atom stereocenters. The van der Waals surface area contributed by atoms with Gasteiger partial charge in [0, 0.05) is 39.1 Å². The van der Waals surface area contributed by atoms with Crippen molar-refractivity contribution in [2.24, 2.45) is 0 Å². The number of unbranched alkanes of at least 4 members (excludes halogenated alkanes) is 1. The summed E-state index contributed by atoms with van der Waals surface area (Å²) in [6, 6.07) is 3.85. The first-order valence-corrected chi connectivity index (χ1v) is 7.53. The van der Waals surface area contributed by atoms with Crippen LogP contribution in [0.2, 0.25) is 0 Å². The quantitative estimate of drug-likeness (QED) is 0.719. The Labute approximate surface area is 127 Å². The summed E-state index contributed by atoms with van der Waals surface area (Å²) in [5.41, 5.74) is 1.11. The van der Waals surface area contributed by atoms with Gasteiger partial charge in [0.15, 0.2) is 0 Å². The molecular weight excluding hydrogens is 266 g/mol. The molecule has 21 heavy (non-hydrogen) atoms. The van der Waals surface area contributed by atoms with Gasteiger partial charge in [-0.1, -0.05) is 13.3 Å². The van der Waals surface area contributed by atoms with Crippen LogP contribution in [0.5, 0.6) is 0 Å². The maximum Gasteiger partial charge on any atom is 0.312 e. The van der Waals surface area contributed by atoms with Crippen molar-refractivity contribution in [3.8, 4) is 0 Å². The van der Waals surface area contributed by atoms with Crippen LogP contribution in [0.3, 0.4) is 0 Å². The highest BCUT2D eigenvalue weighted by Gasteiger charge is 2.23. The predicted molar refractivity (Wildman–Crippen MR) is 82.7 cm³/mol. The molecule has 0 N–H and O–H groups in total. The van der Waals surface area contributed by atoms with Crippen molar-refractivity contribution >= 4 is 11.8 Å². The van der Waals surface area contributed by atoms with Crippen LogP contribution in [-0.2, 0) is 16.0 Å². The summed E-state index contributed by atoms with van der Waals surface area (Å²) >= 11 is 0. The Balaban J connectivity index is 2.54. The van der Waals surface area contributed by atoms with Crippen LogP contribution in [0.15, 0.2) is 24.5 Å². The number of hydrogen-bond acceptors (Lipinski definition) is 3. The predicted octanol–water partition coefficient (Wildman–Crippen LogP) is 1.73. The summed E-state index contributed by atoms with van der Waals surface area (Å²) in [5.74, 6) is -0.829. The fourth-order valence-corrected chi connectivity index (χ4v) is 2.01. The standard InChI is InChI=1S/C16H25N3O2/c1-4-6-12-18(3)15(20)16(21)19(5-2)13-9-14-7-10-17-11-8-14/h7-8,10-11H,4-6,9,12-13H2,1-3H3. The number of carbonyl (C=O) groups is 2. The number of likely N-dealkylation sites (N-methyl/N-ethyl adjacent to an activating group) is 2. The van der Waals surface area contributed by atoms with Gasteiger partial charge < -0.3 is 9.80 Å². The minimum absolute atomic E-state index is 0.412. The Morgan fingerprint density at radius 2 is 1.76 bits per heavy atom. The second-order valence-corrected chi connectivity index (χ2v) is 5.07. The average Bonchev–Trinajstić information content (AvgIpc) is 2.53. The molecule has 0 bridgehead atoms. The largest absolute Gasteiger partial charge is 0.338 e. The third kappa shape index (κ3) is 5.53. The molecule has 0 aliphatic carbocycles. The van der Waals surface area contributed by atoms with Crippen molar-refractivity contribution < 1.29 is 9.59 Å². The van der Waals surface area contributed by atoms with Crippen LogP contribution in [0, 0.1) is 0 Å². The molecule has 1 rings (SSSR count). The van der Waals surface area contributed by atoms with Crippen LogP contribution in [0.25, 0.3) is 0 Å². The van der Waals surface area contributed by atoms with E-state index in [2.05, 4.69) is 11.9 Å². The van der Waals surface area contributed by atoms with Crippen molar-refractivity contribution in [3.05, 3.63) is 30.1 Å². The molecule has 0 saturated carbocycles. The molecule has 0 aliphatic rings. The second-order valence-electron chi connectivity index (χ2n) is 5.07. The van der Waals surface area contributed by atoms with E-state index in [1.54, 1.807) is 24.3 Å². The molecular formula is C16H25N3O2. The third-order valence-corrected chi connectivity index (χ3v) is 3.47. The maximum atomic E-state index is 12.2. The molecule has 5 nitrogen and oxygen atoms in total. The van der Waals surface area contributed by atoms with Crippen molar-refractivity contribution in [1.29, 1.82) is 0 Å². The minimum atomic E-state index is -0.417. The van der Waals surface area contributed by atoms with E-state index in [0.29, 0.717) is 19.6 Å². The van der Waals surface area contributed by atoms with Gasteiger partial charge >= 0.3 is 11.8 Å². The van der Waals surface area contributed by atoms with Crippen molar-refractivity contribution in [2.45, 2.75) is 33.1 Å². The van der Waals surface area contributed by atoms with Crippen LogP contribution in [-0.4, -0.2) is 53.3 Å². The monoisotopic (exact) mass is 291 g/mol. The van der Waals surface area contributed by atoms with Crippen LogP contribution in [0.1, 0.15) is 32.3 Å². The van der Waals surface area contributed by atoms with Crippen molar-refractivity contribution in [2.75, 3.05) is 26.7 Å². The van der Waals surface area contributed by atoms with E-state index >= 15 is 0 Å². The van der Waals surface area contributed by atoms with Gasteiger partial charge in [0.05, 0.1) is 0 Å². The van der Waals surface area contributed by atoms with Gasteiger partial charge in [-0.3, -0.25) is 14.6 Å². The van der Waals surface area contributed by atoms with Gasteiger partial charge in [0.2, 0.25) is 0 Å². The summed E-state index contributed by atoms with van der Waals surface area (Å²) < 4.78 is 0. The fraction of sp³-hybridized carbons (Fsp3) is 0.562. The highest BCUT2D eigenvalue weighted by atomic mass is 16.2. The van der Waals surface area contributed by atoms with E-state index in [1.807, 2.05) is 19.1 Å². The van der Waals surface area contributed by atoms with Gasteiger partial charge in [-0.05, 0) is 37.5 Å².